The molecule has 76 heavy (non-hydrogen) atoms. The first-order valence-electron chi connectivity index (χ1n) is 25.2. The van der Waals surface area contributed by atoms with E-state index in [-0.39, 0.29) is 0 Å². The Hall–Kier alpha value is -6.06. The second kappa shape index (κ2) is 22.9. The minimum atomic E-state index is -0.463. The molecule has 2 N–H and O–H groups in total. The Morgan fingerprint density at radius 2 is 0.776 bits per heavy atom. The molecule has 2 unspecified atom stereocenters. The lowest BCUT2D eigenvalue weighted by atomic mass is 10.0. The van der Waals surface area contributed by atoms with Crippen molar-refractivity contribution in [2.75, 3.05) is 113 Å². The largest absolute Gasteiger partial charge is 0.324 e. The van der Waals surface area contributed by atoms with Gasteiger partial charge in [0.2, 0.25) is 0 Å². The summed E-state index contributed by atoms with van der Waals surface area (Å²) in [6.07, 6.45) is -0.919. The summed E-state index contributed by atoms with van der Waals surface area (Å²) in [5.74, 6) is 5.53. The molecule has 396 valence electrons. The standard InChI is InChI=1S/C56H72N16S4/c1-65(2)53(66(3)4)73-29-33-17-21-37-41(25-33)49-58-45(37)57-46-38-22-18-35(31-75-55(69(9)10)70(11)12)27-43(38)51(59-46)64-52-44-28-36(32-76-56(71(13)14)72(15)16)20-24-40(44)48(63-52)62-50-42-26-34(19-23-39(42)47(60-49)61-50)30-74-54(67(5)6)68(7)8/h17-28,48,52,63H,29-32H2,1-16H3,(H,57,58,59,60,61,62,64)/q+4. The lowest BCUT2D eigenvalue weighted by Crippen LogP contribution is -2.26. The van der Waals surface area contributed by atoms with E-state index in [0.29, 0.717) is 34.3 Å². The lowest BCUT2D eigenvalue weighted by Gasteiger charge is -2.12. The normalized spacial score (nSPS) is 17.1. The molecule has 1 aromatic heterocycles. The van der Waals surface area contributed by atoms with Crippen molar-refractivity contribution in [3.63, 3.8) is 0 Å². The minimum Gasteiger partial charge on any atom is -0.324 e. The number of thioether (sulfide) groups is 4. The molecule has 0 spiro atoms. The second-order valence-electron chi connectivity index (χ2n) is 20.8. The number of benzene rings is 4. The number of amidine groups is 8. The van der Waals surface area contributed by atoms with Crippen LogP contribution in [0.1, 0.15) is 68.0 Å². The highest BCUT2D eigenvalue weighted by molar-refractivity contribution is 8.13. The van der Waals surface area contributed by atoms with Gasteiger partial charge in [-0.05, 0) is 98.6 Å². The second-order valence-corrected chi connectivity index (χ2v) is 24.6. The topological polar surface area (TPSA) is 127 Å². The van der Waals surface area contributed by atoms with Crippen molar-refractivity contribution >= 4 is 102 Å². The molecule has 16 nitrogen and oxygen atoms in total. The first-order valence-corrected chi connectivity index (χ1v) is 29.1. The fourth-order valence-corrected chi connectivity index (χ4v) is 13.8. The van der Waals surface area contributed by atoms with Crippen molar-refractivity contribution in [3.8, 4) is 0 Å². The molecular weight excluding hydrogens is 1020 g/mol. The third-order valence-electron chi connectivity index (χ3n) is 12.9. The molecule has 0 aliphatic carbocycles. The first kappa shape index (κ1) is 54.7. The van der Waals surface area contributed by atoms with E-state index in [1.54, 1.807) is 35.3 Å². The number of fused-ring (bicyclic) bond motifs is 18. The molecule has 0 fully saturated rings. The van der Waals surface area contributed by atoms with E-state index in [9.17, 15) is 0 Å². The summed E-state index contributed by atoms with van der Waals surface area (Å²) < 4.78 is 8.63. The summed E-state index contributed by atoms with van der Waals surface area (Å²) in [4.78, 5) is 45.0. The zero-order chi connectivity index (χ0) is 54.3. The molecule has 0 radical (unpaired) electrons. The number of aromatic nitrogens is 1. The van der Waals surface area contributed by atoms with Gasteiger partial charge in [0.1, 0.15) is 23.3 Å². The zero-order valence-electron chi connectivity index (χ0n) is 46.8. The van der Waals surface area contributed by atoms with E-state index in [1.807, 2.05) is 11.8 Å². The summed E-state index contributed by atoms with van der Waals surface area (Å²) >= 11 is 7.21. The van der Waals surface area contributed by atoms with Crippen LogP contribution in [-0.2, 0) is 23.0 Å². The molecule has 0 amide bonds. The van der Waals surface area contributed by atoms with Crippen molar-refractivity contribution < 1.29 is 18.3 Å². The summed E-state index contributed by atoms with van der Waals surface area (Å²) in [7, 11) is 33.4. The molecule has 4 aliphatic rings. The van der Waals surface area contributed by atoms with E-state index in [2.05, 4.69) is 234 Å². The van der Waals surface area contributed by atoms with Crippen molar-refractivity contribution in [2.24, 2.45) is 30.0 Å². The van der Waals surface area contributed by atoms with Crippen molar-refractivity contribution in [1.82, 2.24) is 29.9 Å². The van der Waals surface area contributed by atoms with Crippen molar-refractivity contribution in [2.45, 2.75) is 35.3 Å². The number of hydrogen-bond acceptors (Lipinski definition) is 11. The Morgan fingerprint density at radius 1 is 0.408 bits per heavy atom. The van der Waals surface area contributed by atoms with Crippen LogP contribution >= 0.6 is 47.0 Å². The summed E-state index contributed by atoms with van der Waals surface area (Å²) in [5, 5.41) is 10.4. The molecule has 5 heterocycles. The van der Waals surface area contributed by atoms with Gasteiger partial charge >= 0.3 is 20.7 Å². The predicted molar refractivity (Wildman–Crippen MR) is 323 cm³/mol. The van der Waals surface area contributed by atoms with Crippen LogP contribution in [0.15, 0.2) is 103 Å². The molecule has 4 aliphatic heterocycles. The number of H-pyrrole nitrogens is 1. The maximum absolute atomic E-state index is 5.58. The molecule has 0 saturated heterocycles. The molecular formula is C56H72N16S4+4. The molecule has 5 aromatic rings. The van der Waals surface area contributed by atoms with Crippen molar-refractivity contribution in [1.29, 1.82) is 0 Å². The van der Waals surface area contributed by atoms with E-state index in [0.717, 1.165) is 67.2 Å². The number of hydrogen-bond donors (Lipinski definition) is 2. The maximum Gasteiger partial charge on any atom is 0.307 e. The minimum absolute atomic E-state index is 0.456. The monoisotopic (exact) mass is 1100 g/mol. The van der Waals surface area contributed by atoms with Gasteiger partial charge in [-0.25, -0.2) is 30.0 Å². The molecule has 20 heteroatoms. The van der Waals surface area contributed by atoms with Gasteiger partial charge in [-0.15, -0.1) is 0 Å². The Morgan fingerprint density at radius 3 is 1.20 bits per heavy atom. The Balaban J connectivity index is 1.25. The van der Waals surface area contributed by atoms with Gasteiger partial charge in [-0.2, -0.15) is 0 Å². The SMILES string of the molecule is CN(C)C(SCc1ccc2c(c1)/C1=N/C3NC(/N=C4/N=C(N=c5[nH]c(c6ccc(CSC(N(C)C)=[N+](C)C)cc56)=NC2=N1)c1ccc(CSC(N(C)C)=[N+](C)C)cc14)c1ccc(CSC(N(C)C)=[N+](C)C)cc13)=[N+](C)C. The summed E-state index contributed by atoms with van der Waals surface area (Å²) in [6, 6.07) is 26.5. The van der Waals surface area contributed by atoms with Crippen LogP contribution < -0.4 is 16.3 Å². The zero-order valence-corrected chi connectivity index (χ0v) is 50.1. The number of nitrogens with zero attached hydrogens (tertiary/aromatic N) is 14. The number of aliphatic imine (C=N–C) groups is 4. The molecule has 9 rings (SSSR count). The van der Waals surface area contributed by atoms with Crippen molar-refractivity contribution in [3.05, 3.63) is 139 Å². The van der Waals surface area contributed by atoms with Gasteiger partial charge in [-0.3, -0.25) is 43.2 Å². The third kappa shape index (κ3) is 11.6. The van der Waals surface area contributed by atoms with Gasteiger partial charge in [0.05, 0.1) is 113 Å². The van der Waals surface area contributed by atoms with Gasteiger partial charge in [0.25, 0.3) is 0 Å². The van der Waals surface area contributed by atoms with Crippen LogP contribution in [-0.4, -0.2) is 200 Å². The molecule has 8 bridgehead atoms. The molecule has 0 saturated carbocycles. The van der Waals surface area contributed by atoms with E-state index >= 15 is 0 Å². The number of nitrogens with one attached hydrogen (secondary N) is 2. The van der Waals surface area contributed by atoms with Crippen LogP contribution in [0.4, 0.5) is 0 Å². The quantitative estimate of drug-likeness (QED) is 0.112. The van der Waals surface area contributed by atoms with Crippen LogP contribution in [0.3, 0.4) is 0 Å². The number of rotatable bonds is 8. The average Bonchev–Trinajstić information content (AvgIpc) is 4.10. The van der Waals surface area contributed by atoms with Crippen LogP contribution in [0.25, 0.3) is 10.8 Å². The van der Waals surface area contributed by atoms with E-state index < -0.39 is 12.3 Å². The fraction of sp³-hybridized carbons (Fsp3) is 0.393. The summed E-state index contributed by atoms with van der Waals surface area (Å²) in [5.41, 5.74) is 11.9. The Labute approximate surface area is 464 Å². The average molecular weight is 1100 g/mol. The van der Waals surface area contributed by atoms with E-state index in [4.69, 9.17) is 30.0 Å². The third-order valence-corrected chi connectivity index (χ3v) is 18.8. The molecule has 4 aromatic carbocycles. The van der Waals surface area contributed by atoms with Crippen LogP contribution in [0, 0.1) is 0 Å². The first-order chi connectivity index (χ1) is 36.2. The smallest absolute Gasteiger partial charge is 0.307 e. The Bertz CT molecular complexity index is 3520. The summed E-state index contributed by atoms with van der Waals surface area (Å²) in [6.45, 7) is 0. The van der Waals surface area contributed by atoms with Gasteiger partial charge in [0, 0.05) is 56.0 Å². The highest BCUT2D eigenvalue weighted by atomic mass is 32.2. The van der Waals surface area contributed by atoms with Crippen LogP contribution in [0.5, 0.6) is 0 Å². The molecule has 2 atom stereocenters. The fourth-order valence-electron chi connectivity index (χ4n) is 9.86. The van der Waals surface area contributed by atoms with Crippen LogP contribution in [0.2, 0.25) is 0 Å². The number of aromatic amines is 1. The maximum atomic E-state index is 5.58. The van der Waals surface area contributed by atoms with Gasteiger partial charge < -0.3 is 4.98 Å². The van der Waals surface area contributed by atoms with Gasteiger partial charge in [0.15, 0.2) is 23.3 Å². The lowest BCUT2D eigenvalue weighted by molar-refractivity contribution is -0.466. The highest BCUT2D eigenvalue weighted by Crippen LogP contribution is 2.39. The Kier molecular flexibility index (Phi) is 16.5. The highest BCUT2D eigenvalue weighted by Gasteiger charge is 2.35. The predicted octanol–water partition coefficient (Wildman–Crippen LogP) is 5.83. The van der Waals surface area contributed by atoms with E-state index in [1.165, 1.54) is 42.9 Å². The van der Waals surface area contributed by atoms with Gasteiger partial charge in [-0.1, -0.05) is 54.6 Å².